The Balaban J connectivity index is 1.93. The number of hydrogen-bond acceptors (Lipinski definition) is 4. The van der Waals surface area contributed by atoms with Gasteiger partial charge in [-0.1, -0.05) is 35.0 Å². The number of carbonyl (C=O) groups is 1. The van der Waals surface area contributed by atoms with Crippen molar-refractivity contribution in [3.63, 3.8) is 0 Å². The van der Waals surface area contributed by atoms with E-state index in [9.17, 15) is 4.79 Å². The molecular weight excluding hydrogens is 349 g/mol. The number of aliphatic hydroxyl groups excluding tert-OH is 1. The Bertz CT molecular complexity index is 697. The molecule has 2 rings (SSSR count). The van der Waals surface area contributed by atoms with Gasteiger partial charge in [0, 0.05) is 22.2 Å². The first-order valence-corrected chi connectivity index (χ1v) is 8.45. The van der Waals surface area contributed by atoms with Crippen molar-refractivity contribution in [1.82, 2.24) is 5.32 Å². The van der Waals surface area contributed by atoms with Crippen LogP contribution in [0.4, 0.5) is 0 Å². The highest BCUT2D eigenvalue weighted by Crippen LogP contribution is 2.31. The Hall–Kier alpha value is -1.03. The van der Waals surface area contributed by atoms with Crippen molar-refractivity contribution in [3.8, 4) is 11.8 Å². The van der Waals surface area contributed by atoms with Gasteiger partial charge in [-0.05, 0) is 12.1 Å². The predicted octanol–water partition coefficient (Wildman–Crippen LogP) is 3.78. The molecule has 3 nitrogen and oxygen atoms in total. The zero-order valence-electron chi connectivity index (χ0n) is 10.8. The van der Waals surface area contributed by atoms with Crippen molar-refractivity contribution < 1.29 is 9.90 Å². The minimum atomic E-state index is -0.246. The summed E-state index contributed by atoms with van der Waals surface area (Å²) in [4.78, 5) is 13.0. The number of nitrogens with one attached hydrogen (secondary N) is 1. The van der Waals surface area contributed by atoms with Gasteiger partial charge in [0.25, 0.3) is 5.91 Å². The van der Waals surface area contributed by atoms with Crippen molar-refractivity contribution in [2.45, 2.75) is 13.0 Å². The van der Waals surface area contributed by atoms with Crippen LogP contribution >= 0.6 is 45.9 Å². The van der Waals surface area contributed by atoms with Crippen molar-refractivity contribution in [1.29, 1.82) is 0 Å². The number of rotatable bonds is 4. The highest BCUT2D eigenvalue weighted by atomic mass is 35.5. The van der Waals surface area contributed by atoms with E-state index in [4.69, 9.17) is 28.3 Å². The Morgan fingerprint density at radius 1 is 1.38 bits per heavy atom. The molecule has 2 aromatic rings. The first-order chi connectivity index (χ1) is 10.1. The molecule has 0 atom stereocenters. The summed E-state index contributed by atoms with van der Waals surface area (Å²) in [5.74, 6) is 5.56. The number of carbonyl (C=O) groups excluding carboxylic acids is 1. The molecule has 0 aliphatic rings. The fourth-order valence-corrected chi connectivity index (χ4v) is 3.73. The normalized spacial score (nSPS) is 10.0. The van der Waals surface area contributed by atoms with Crippen LogP contribution in [-0.4, -0.2) is 17.6 Å². The van der Waals surface area contributed by atoms with E-state index in [-0.39, 0.29) is 12.5 Å². The lowest BCUT2D eigenvalue weighted by Crippen LogP contribution is -2.21. The van der Waals surface area contributed by atoms with Gasteiger partial charge in [-0.25, -0.2) is 0 Å². The van der Waals surface area contributed by atoms with Gasteiger partial charge in [0.1, 0.15) is 4.34 Å². The summed E-state index contributed by atoms with van der Waals surface area (Å²) in [7, 11) is 0. The van der Waals surface area contributed by atoms with Crippen LogP contribution in [0.15, 0.2) is 17.5 Å². The lowest BCUT2D eigenvalue weighted by Gasteiger charge is -2.01. The molecule has 0 radical (unpaired) electrons. The monoisotopic (exact) mass is 359 g/mol. The second-order valence-corrected chi connectivity index (χ2v) is 7.28. The van der Waals surface area contributed by atoms with Crippen LogP contribution in [0, 0.1) is 11.8 Å². The topological polar surface area (TPSA) is 49.3 Å². The highest BCUT2D eigenvalue weighted by molar-refractivity contribution is 7.20. The summed E-state index contributed by atoms with van der Waals surface area (Å²) >= 11 is 14.4. The minimum Gasteiger partial charge on any atom is -0.395 e. The quantitative estimate of drug-likeness (QED) is 0.816. The van der Waals surface area contributed by atoms with Crippen molar-refractivity contribution >= 4 is 51.8 Å². The summed E-state index contributed by atoms with van der Waals surface area (Å²) < 4.78 is 0.877. The standard InChI is InChI=1S/C14H11Cl2NO2S2/c15-12-6-11(13(16)21-12)14(19)17-7-10-5-9(8-20-10)3-1-2-4-18/h5-6,8,18H,2,4,7H2,(H,17,19). The molecule has 0 aliphatic carbocycles. The Morgan fingerprint density at radius 2 is 2.19 bits per heavy atom. The fourth-order valence-electron chi connectivity index (χ4n) is 1.52. The lowest BCUT2D eigenvalue weighted by atomic mass is 10.3. The number of thiophene rings is 2. The molecule has 0 fully saturated rings. The number of aliphatic hydroxyl groups is 1. The molecule has 2 heterocycles. The Kier molecular flexibility index (Phi) is 6.09. The molecule has 110 valence electrons. The maximum atomic E-state index is 12.0. The molecule has 7 heteroatoms. The molecule has 0 bridgehead atoms. The van der Waals surface area contributed by atoms with Crippen LogP contribution in [-0.2, 0) is 6.54 Å². The Labute approximate surface area is 140 Å². The van der Waals surface area contributed by atoms with Gasteiger partial charge in [0.2, 0.25) is 0 Å². The van der Waals surface area contributed by atoms with Gasteiger partial charge in [0.15, 0.2) is 0 Å². The number of halogens is 2. The van der Waals surface area contributed by atoms with Crippen LogP contribution in [0.5, 0.6) is 0 Å². The Morgan fingerprint density at radius 3 is 2.86 bits per heavy atom. The number of amides is 1. The maximum Gasteiger partial charge on any atom is 0.254 e. The third kappa shape index (κ3) is 4.73. The van der Waals surface area contributed by atoms with E-state index in [1.54, 1.807) is 6.07 Å². The van der Waals surface area contributed by atoms with Gasteiger partial charge < -0.3 is 10.4 Å². The van der Waals surface area contributed by atoms with Crippen LogP contribution in [0.25, 0.3) is 0 Å². The minimum absolute atomic E-state index is 0.0595. The summed E-state index contributed by atoms with van der Waals surface area (Å²) in [6.45, 7) is 0.471. The van der Waals surface area contributed by atoms with Gasteiger partial charge in [-0.15, -0.1) is 22.7 Å². The number of hydrogen-bond donors (Lipinski definition) is 2. The lowest BCUT2D eigenvalue weighted by molar-refractivity contribution is 0.0952. The van der Waals surface area contributed by atoms with Gasteiger partial charge in [0.05, 0.1) is 23.1 Å². The van der Waals surface area contributed by atoms with E-state index in [1.165, 1.54) is 22.7 Å². The smallest absolute Gasteiger partial charge is 0.254 e. The third-order valence-electron chi connectivity index (χ3n) is 2.45. The largest absolute Gasteiger partial charge is 0.395 e. The highest BCUT2D eigenvalue weighted by Gasteiger charge is 2.14. The van der Waals surface area contributed by atoms with E-state index >= 15 is 0 Å². The first-order valence-electron chi connectivity index (χ1n) is 6.00. The van der Waals surface area contributed by atoms with Gasteiger partial charge in [-0.3, -0.25) is 4.79 Å². The molecule has 2 N–H and O–H groups in total. The molecule has 0 aliphatic heterocycles. The molecule has 1 amide bonds. The zero-order chi connectivity index (χ0) is 15.2. The maximum absolute atomic E-state index is 12.0. The second kappa shape index (κ2) is 7.83. The van der Waals surface area contributed by atoms with Crippen LogP contribution < -0.4 is 5.32 Å². The average molecular weight is 360 g/mol. The van der Waals surface area contributed by atoms with Crippen molar-refractivity contribution in [3.05, 3.63) is 42.2 Å². The molecular formula is C14H11Cl2NO2S2. The molecule has 0 saturated heterocycles. The van der Waals surface area contributed by atoms with E-state index in [0.717, 1.165) is 10.4 Å². The SMILES string of the molecule is O=C(NCc1cc(C#CCCO)cs1)c1cc(Cl)sc1Cl. The molecule has 0 saturated carbocycles. The van der Waals surface area contributed by atoms with E-state index < -0.39 is 0 Å². The van der Waals surface area contributed by atoms with E-state index in [1.807, 2.05) is 11.4 Å². The van der Waals surface area contributed by atoms with Gasteiger partial charge >= 0.3 is 0 Å². The molecule has 2 aromatic heterocycles. The molecule has 0 aromatic carbocycles. The van der Waals surface area contributed by atoms with Gasteiger partial charge in [-0.2, -0.15) is 0 Å². The summed E-state index contributed by atoms with van der Waals surface area (Å²) in [6, 6.07) is 3.47. The van der Waals surface area contributed by atoms with E-state index in [2.05, 4.69) is 17.2 Å². The second-order valence-electron chi connectivity index (χ2n) is 4.00. The predicted molar refractivity (Wildman–Crippen MR) is 88.4 cm³/mol. The van der Waals surface area contributed by atoms with E-state index in [0.29, 0.717) is 27.2 Å². The van der Waals surface area contributed by atoms with Crippen molar-refractivity contribution in [2.75, 3.05) is 6.61 Å². The van der Waals surface area contributed by atoms with Crippen LogP contribution in [0.3, 0.4) is 0 Å². The molecule has 0 spiro atoms. The van der Waals surface area contributed by atoms with Crippen molar-refractivity contribution in [2.24, 2.45) is 0 Å². The van der Waals surface area contributed by atoms with Crippen LogP contribution in [0.2, 0.25) is 8.67 Å². The zero-order valence-corrected chi connectivity index (χ0v) is 13.9. The fraction of sp³-hybridized carbons (Fsp3) is 0.214. The molecule has 21 heavy (non-hydrogen) atoms. The first kappa shape index (κ1) is 16.3. The third-order valence-corrected chi connectivity index (χ3v) is 4.87. The van der Waals surface area contributed by atoms with Crippen LogP contribution in [0.1, 0.15) is 27.2 Å². The summed E-state index contributed by atoms with van der Waals surface area (Å²) in [5.41, 5.74) is 1.28. The molecule has 0 unspecified atom stereocenters. The summed E-state index contributed by atoms with van der Waals surface area (Å²) in [5, 5.41) is 13.4. The average Bonchev–Trinajstić information content (AvgIpc) is 3.03. The summed E-state index contributed by atoms with van der Waals surface area (Å²) in [6.07, 6.45) is 0.458.